The van der Waals surface area contributed by atoms with Crippen molar-refractivity contribution < 1.29 is 9.59 Å². The van der Waals surface area contributed by atoms with Crippen LogP contribution in [0.4, 0.5) is 10.8 Å². The number of anilines is 2. The molecule has 1 atom stereocenters. The van der Waals surface area contributed by atoms with Crippen molar-refractivity contribution in [2.75, 3.05) is 11.9 Å². The Morgan fingerprint density at radius 3 is 2.83 bits per heavy atom. The fraction of sp³-hybridized carbons (Fsp3) is 0.353. The maximum Gasteiger partial charge on any atom is 0.271 e. The monoisotopic (exact) mass is 346 g/mol. The fourth-order valence-electron chi connectivity index (χ4n) is 2.02. The lowest BCUT2D eigenvalue weighted by molar-refractivity contribution is -0.122. The molecule has 1 unspecified atom stereocenters. The topological polar surface area (TPSA) is 83.1 Å². The number of amides is 2. The third-order valence-electron chi connectivity index (χ3n) is 3.30. The lowest BCUT2D eigenvalue weighted by atomic mass is 10.2. The van der Waals surface area contributed by atoms with E-state index < -0.39 is 6.04 Å². The van der Waals surface area contributed by atoms with Gasteiger partial charge in [-0.3, -0.25) is 9.59 Å². The molecule has 2 aromatic rings. The van der Waals surface area contributed by atoms with E-state index in [0.717, 1.165) is 17.7 Å². The molecule has 128 valence electrons. The first-order valence-electron chi connectivity index (χ1n) is 7.87. The Bertz CT molecular complexity index is 714. The van der Waals surface area contributed by atoms with Crippen LogP contribution in [0.25, 0.3) is 0 Å². The van der Waals surface area contributed by atoms with Gasteiger partial charge in [-0.2, -0.15) is 0 Å². The molecule has 24 heavy (non-hydrogen) atoms. The van der Waals surface area contributed by atoms with E-state index in [0.29, 0.717) is 17.4 Å². The summed E-state index contributed by atoms with van der Waals surface area (Å²) in [7, 11) is 0. The van der Waals surface area contributed by atoms with E-state index >= 15 is 0 Å². The van der Waals surface area contributed by atoms with Crippen LogP contribution in [0.3, 0.4) is 0 Å². The summed E-state index contributed by atoms with van der Waals surface area (Å²) in [6.45, 7) is 6.24. The summed E-state index contributed by atoms with van der Waals surface area (Å²) in [6, 6.07) is 7.31. The molecular formula is C17H22N4O2S. The quantitative estimate of drug-likeness (QED) is 0.720. The number of carbonyl (C=O) groups is 2. The Morgan fingerprint density at radius 2 is 2.12 bits per heavy atom. The summed E-state index contributed by atoms with van der Waals surface area (Å²) in [5.74, 6) is -0.554. The Morgan fingerprint density at radius 1 is 1.33 bits per heavy atom. The molecule has 0 aliphatic heterocycles. The number of aryl methyl sites for hydroxylation is 1. The number of thiazole rings is 1. The highest BCUT2D eigenvalue weighted by atomic mass is 32.1. The first-order chi connectivity index (χ1) is 11.5. The average molecular weight is 346 g/mol. The second-order valence-corrected chi connectivity index (χ2v) is 6.38. The largest absolute Gasteiger partial charge is 0.354 e. The summed E-state index contributed by atoms with van der Waals surface area (Å²) in [4.78, 5) is 28.2. The zero-order valence-electron chi connectivity index (χ0n) is 14.1. The molecule has 0 aliphatic rings. The fourth-order valence-corrected chi connectivity index (χ4v) is 2.73. The minimum Gasteiger partial charge on any atom is -0.354 e. The number of aromatic nitrogens is 1. The highest BCUT2D eigenvalue weighted by Crippen LogP contribution is 2.21. The molecule has 0 bridgehead atoms. The summed E-state index contributed by atoms with van der Waals surface area (Å²) in [6.07, 6.45) is 0.854. The van der Waals surface area contributed by atoms with Gasteiger partial charge in [-0.1, -0.05) is 19.1 Å². The maximum atomic E-state index is 12.2. The summed E-state index contributed by atoms with van der Waals surface area (Å²) in [5.41, 5.74) is 2.36. The standard InChI is InChI=1S/C17H22N4O2S/c1-4-8-18-15(22)12(3)19-16(23)14-10-24-17(21-14)20-13-7-5-6-11(2)9-13/h5-7,9-10,12H,4,8H2,1-3H3,(H,18,22)(H,19,23)(H,20,21). The van der Waals surface area contributed by atoms with Crippen LogP contribution in [-0.4, -0.2) is 29.4 Å². The summed E-state index contributed by atoms with van der Waals surface area (Å²) < 4.78 is 0. The van der Waals surface area contributed by atoms with Gasteiger partial charge in [-0.05, 0) is 38.0 Å². The second kappa shape index (κ2) is 8.44. The van der Waals surface area contributed by atoms with E-state index in [1.54, 1.807) is 12.3 Å². The SMILES string of the molecule is CCCNC(=O)C(C)NC(=O)c1csc(Nc2cccc(C)c2)n1. The van der Waals surface area contributed by atoms with Gasteiger partial charge in [0.2, 0.25) is 5.91 Å². The molecule has 1 aromatic heterocycles. The van der Waals surface area contributed by atoms with Crippen LogP contribution in [0.2, 0.25) is 0 Å². The highest BCUT2D eigenvalue weighted by Gasteiger charge is 2.18. The third-order valence-corrected chi connectivity index (χ3v) is 4.05. The minimum absolute atomic E-state index is 0.196. The molecule has 0 spiro atoms. The molecule has 1 aromatic carbocycles. The van der Waals surface area contributed by atoms with Gasteiger partial charge in [-0.15, -0.1) is 11.3 Å². The zero-order chi connectivity index (χ0) is 17.5. The van der Waals surface area contributed by atoms with E-state index in [1.807, 2.05) is 38.1 Å². The molecular weight excluding hydrogens is 324 g/mol. The predicted octanol–water partition coefficient (Wildman–Crippen LogP) is 2.84. The van der Waals surface area contributed by atoms with Crippen molar-refractivity contribution in [2.24, 2.45) is 0 Å². The van der Waals surface area contributed by atoms with Gasteiger partial charge in [0.1, 0.15) is 11.7 Å². The Labute approximate surface area is 145 Å². The molecule has 0 fully saturated rings. The van der Waals surface area contributed by atoms with Crippen molar-refractivity contribution >= 4 is 34.0 Å². The van der Waals surface area contributed by atoms with Crippen LogP contribution >= 0.6 is 11.3 Å². The molecule has 0 aliphatic carbocycles. The highest BCUT2D eigenvalue weighted by molar-refractivity contribution is 7.14. The molecule has 2 rings (SSSR count). The van der Waals surface area contributed by atoms with Crippen molar-refractivity contribution in [1.29, 1.82) is 0 Å². The maximum absolute atomic E-state index is 12.2. The molecule has 0 radical (unpaired) electrons. The minimum atomic E-state index is -0.598. The van der Waals surface area contributed by atoms with Gasteiger partial charge in [0.05, 0.1) is 0 Å². The molecule has 3 N–H and O–H groups in total. The summed E-state index contributed by atoms with van der Waals surface area (Å²) in [5, 5.41) is 10.9. The molecule has 2 amide bonds. The van der Waals surface area contributed by atoms with Gasteiger partial charge in [-0.25, -0.2) is 4.98 Å². The van der Waals surface area contributed by atoms with Crippen LogP contribution in [0.1, 0.15) is 36.3 Å². The number of benzene rings is 1. The summed E-state index contributed by atoms with van der Waals surface area (Å²) >= 11 is 1.34. The lowest BCUT2D eigenvalue weighted by Crippen LogP contribution is -2.45. The molecule has 0 saturated carbocycles. The molecule has 6 nitrogen and oxygen atoms in total. The van der Waals surface area contributed by atoms with Gasteiger partial charge in [0.15, 0.2) is 5.13 Å². The van der Waals surface area contributed by atoms with Crippen LogP contribution in [0.15, 0.2) is 29.6 Å². The first-order valence-corrected chi connectivity index (χ1v) is 8.75. The van der Waals surface area contributed by atoms with Crippen molar-refractivity contribution in [2.45, 2.75) is 33.2 Å². The van der Waals surface area contributed by atoms with Gasteiger partial charge in [0, 0.05) is 17.6 Å². The van der Waals surface area contributed by atoms with Gasteiger partial charge >= 0.3 is 0 Å². The second-order valence-electron chi connectivity index (χ2n) is 5.52. The van der Waals surface area contributed by atoms with E-state index in [9.17, 15) is 9.59 Å². The van der Waals surface area contributed by atoms with Crippen LogP contribution in [0.5, 0.6) is 0 Å². The van der Waals surface area contributed by atoms with Gasteiger partial charge < -0.3 is 16.0 Å². The number of hydrogen-bond acceptors (Lipinski definition) is 5. The third kappa shape index (κ3) is 5.06. The van der Waals surface area contributed by atoms with Crippen LogP contribution < -0.4 is 16.0 Å². The van der Waals surface area contributed by atoms with Crippen LogP contribution in [0, 0.1) is 6.92 Å². The smallest absolute Gasteiger partial charge is 0.271 e. The number of nitrogens with one attached hydrogen (secondary N) is 3. The predicted molar refractivity (Wildman–Crippen MR) is 96.8 cm³/mol. The Balaban J connectivity index is 1.94. The molecule has 0 saturated heterocycles. The van der Waals surface area contributed by atoms with Crippen molar-refractivity contribution in [3.8, 4) is 0 Å². The Kier molecular flexibility index (Phi) is 6.31. The van der Waals surface area contributed by atoms with Crippen molar-refractivity contribution in [3.63, 3.8) is 0 Å². The molecule has 1 heterocycles. The Hall–Kier alpha value is -2.41. The van der Waals surface area contributed by atoms with Crippen molar-refractivity contribution in [3.05, 3.63) is 40.9 Å². The van der Waals surface area contributed by atoms with E-state index in [-0.39, 0.29) is 11.8 Å². The van der Waals surface area contributed by atoms with E-state index in [1.165, 1.54) is 11.3 Å². The van der Waals surface area contributed by atoms with Crippen LogP contribution in [-0.2, 0) is 4.79 Å². The van der Waals surface area contributed by atoms with E-state index in [2.05, 4.69) is 20.9 Å². The lowest BCUT2D eigenvalue weighted by Gasteiger charge is -2.12. The number of nitrogens with zero attached hydrogens (tertiary/aromatic N) is 1. The molecule has 7 heteroatoms. The zero-order valence-corrected chi connectivity index (χ0v) is 14.9. The first kappa shape index (κ1) is 17.9. The average Bonchev–Trinajstić information content (AvgIpc) is 3.01. The number of hydrogen-bond donors (Lipinski definition) is 3. The van der Waals surface area contributed by atoms with Crippen molar-refractivity contribution in [1.82, 2.24) is 15.6 Å². The number of rotatable bonds is 7. The number of carbonyl (C=O) groups excluding carboxylic acids is 2. The van der Waals surface area contributed by atoms with Gasteiger partial charge in [0.25, 0.3) is 5.91 Å². The van der Waals surface area contributed by atoms with E-state index in [4.69, 9.17) is 0 Å². The normalized spacial score (nSPS) is 11.6.